The molecule has 0 spiro atoms. The maximum absolute atomic E-state index is 6.03. The van der Waals surface area contributed by atoms with Crippen molar-refractivity contribution in [2.45, 2.75) is 65.6 Å². The van der Waals surface area contributed by atoms with E-state index in [1.165, 1.54) is 19.4 Å². The lowest BCUT2D eigenvalue weighted by Crippen LogP contribution is -2.50. The van der Waals surface area contributed by atoms with E-state index >= 15 is 0 Å². The summed E-state index contributed by atoms with van der Waals surface area (Å²) in [7, 11) is 0. The van der Waals surface area contributed by atoms with Crippen LogP contribution in [-0.2, 0) is 17.7 Å². The van der Waals surface area contributed by atoms with Gasteiger partial charge in [-0.1, -0.05) is 27.7 Å². The van der Waals surface area contributed by atoms with Gasteiger partial charge in [-0.3, -0.25) is 14.8 Å². The molecule has 0 saturated carbocycles. The molecule has 2 aliphatic heterocycles. The Bertz CT molecular complexity index is 698. The van der Waals surface area contributed by atoms with Crippen molar-refractivity contribution in [2.24, 2.45) is 10.9 Å². The molecule has 2 N–H and O–H groups in total. The SMILES string of the molecule is CCc1nncn1CCNC(=NCC1CCCN1CC)NCC1CN(CC(C)C)CCO1.I. The number of aryl methyl sites for hydroxylation is 1. The molecule has 9 nitrogen and oxygen atoms in total. The highest BCUT2D eigenvalue weighted by molar-refractivity contribution is 14.0. The van der Waals surface area contributed by atoms with E-state index < -0.39 is 0 Å². The number of hydrogen-bond acceptors (Lipinski definition) is 6. The Morgan fingerprint density at radius 2 is 2.12 bits per heavy atom. The molecule has 0 aromatic carbocycles. The van der Waals surface area contributed by atoms with E-state index in [9.17, 15) is 0 Å². The maximum atomic E-state index is 6.03. The van der Waals surface area contributed by atoms with Gasteiger partial charge in [-0.05, 0) is 31.8 Å². The second-order valence-corrected chi connectivity index (χ2v) is 9.36. The highest BCUT2D eigenvalue weighted by atomic mass is 127. The predicted molar refractivity (Wildman–Crippen MR) is 144 cm³/mol. The minimum absolute atomic E-state index is 0. The van der Waals surface area contributed by atoms with Crippen molar-refractivity contribution in [3.63, 3.8) is 0 Å². The lowest BCUT2D eigenvalue weighted by atomic mass is 10.2. The first-order valence-corrected chi connectivity index (χ1v) is 12.6. The Hall–Kier alpha value is -0.980. The van der Waals surface area contributed by atoms with Gasteiger partial charge in [0.15, 0.2) is 5.96 Å². The van der Waals surface area contributed by atoms with Crippen molar-refractivity contribution in [2.75, 3.05) is 59.0 Å². The number of likely N-dealkylation sites (N-methyl/N-ethyl adjacent to an activating group) is 1. The van der Waals surface area contributed by atoms with Gasteiger partial charge in [0.05, 0.1) is 19.3 Å². The van der Waals surface area contributed by atoms with Crippen molar-refractivity contribution in [1.29, 1.82) is 0 Å². The van der Waals surface area contributed by atoms with Crippen LogP contribution in [0, 0.1) is 5.92 Å². The number of morpholine rings is 1. The summed E-state index contributed by atoms with van der Waals surface area (Å²) >= 11 is 0. The summed E-state index contributed by atoms with van der Waals surface area (Å²) < 4.78 is 8.14. The zero-order valence-electron chi connectivity index (χ0n) is 21.0. The molecule has 0 radical (unpaired) electrons. The van der Waals surface area contributed by atoms with Crippen molar-refractivity contribution >= 4 is 29.9 Å². The standard InChI is InChI=1S/C23H44N8O.HI/c1-5-22-28-27-18-31(22)11-9-24-23(25-14-20-8-7-10-30(20)6-2)26-15-21-17-29(12-13-32-21)16-19(3)4;/h18-21H,5-17H2,1-4H3,(H2,24,25,26);1H. The molecule has 33 heavy (non-hydrogen) atoms. The van der Waals surface area contributed by atoms with Crippen LogP contribution < -0.4 is 10.6 Å². The molecule has 2 unspecified atom stereocenters. The summed E-state index contributed by atoms with van der Waals surface area (Å²) in [5, 5.41) is 15.3. The lowest BCUT2D eigenvalue weighted by molar-refractivity contribution is -0.0284. The Morgan fingerprint density at radius 1 is 1.27 bits per heavy atom. The third kappa shape index (κ3) is 9.29. The van der Waals surface area contributed by atoms with Crippen LogP contribution in [0.3, 0.4) is 0 Å². The first kappa shape index (κ1) is 28.3. The van der Waals surface area contributed by atoms with Crippen LogP contribution in [0.1, 0.15) is 46.4 Å². The summed E-state index contributed by atoms with van der Waals surface area (Å²) in [4.78, 5) is 10.0. The summed E-state index contributed by atoms with van der Waals surface area (Å²) in [6, 6.07) is 0.551. The van der Waals surface area contributed by atoms with Gasteiger partial charge in [0.25, 0.3) is 0 Å². The van der Waals surface area contributed by atoms with E-state index in [-0.39, 0.29) is 30.1 Å². The van der Waals surface area contributed by atoms with Gasteiger partial charge in [0, 0.05) is 51.7 Å². The topological polar surface area (TPSA) is 82.8 Å². The fraction of sp³-hybridized carbons (Fsp3) is 0.870. The molecule has 0 aliphatic carbocycles. The molecule has 2 fully saturated rings. The van der Waals surface area contributed by atoms with Crippen molar-refractivity contribution in [1.82, 2.24) is 35.2 Å². The van der Waals surface area contributed by atoms with Crippen LogP contribution in [0.15, 0.2) is 11.3 Å². The summed E-state index contributed by atoms with van der Waals surface area (Å²) in [6.45, 7) is 18.4. The van der Waals surface area contributed by atoms with Gasteiger partial charge in [-0.15, -0.1) is 34.2 Å². The fourth-order valence-electron chi connectivity index (χ4n) is 4.72. The predicted octanol–water partition coefficient (Wildman–Crippen LogP) is 1.83. The molecule has 10 heteroatoms. The van der Waals surface area contributed by atoms with Crippen LogP contribution in [-0.4, -0.2) is 102 Å². The number of rotatable bonds is 11. The lowest BCUT2D eigenvalue weighted by Gasteiger charge is -2.34. The smallest absolute Gasteiger partial charge is 0.191 e. The van der Waals surface area contributed by atoms with Gasteiger partial charge in [0.2, 0.25) is 0 Å². The molecule has 0 bridgehead atoms. The Kier molecular flexibility index (Phi) is 12.9. The van der Waals surface area contributed by atoms with Crippen LogP contribution >= 0.6 is 24.0 Å². The molecule has 2 atom stereocenters. The number of hydrogen-bond donors (Lipinski definition) is 2. The molecule has 1 aromatic heterocycles. The maximum Gasteiger partial charge on any atom is 0.191 e. The minimum Gasteiger partial charge on any atom is -0.374 e. The zero-order chi connectivity index (χ0) is 22.8. The van der Waals surface area contributed by atoms with E-state index in [0.717, 1.165) is 77.2 Å². The van der Waals surface area contributed by atoms with Crippen molar-refractivity contribution < 1.29 is 4.74 Å². The summed E-state index contributed by atoms with van der Waals surface area (Å²) in [6.07, 6.45) is 5.40. The average Bonchev–Trinajstić information content (AvgIpc) is 3.43. The average molecular weight is 577 g/mol. The molecule has 3 heterocycles. The van der Waals surface area contributed by atoms with Crippen LogP contribution in [0.4, 0.5) is 0 Å². The Morgan fingerprint density at radius 3 is 2.88 bits per heavy atom. The second kappa shape index (κ2) is 15.1. The summed E-state index contributed by atoms with van der Waals surface area (Å²) in [5.74, 6) is 2.58. The molecular formula is C23H45IN8O. The number of ether oxygens (including phenoxy) is 1. The Labute approximate surface area is 217 Å². The van der Waals surface area contributed by atoms with Crippen LogP contribution in [0.2, 0.25) is 0 Å². The molecule has 0 amide bonds. The Balaban J connectivity index is 0.00000385. The quantitative estimate of drug-likeness (QED) is 0.236. The van der Waals surface area contributed by atoms with E-state index in [1.807, 2.05) is 6.33 Å². The van der Waals surface area contributed by atoms with Gasteiger partial charge in [-0.25, -0.2) is 0 Å². The zero-order valence-corrected chi connectivity index (χ0v) is 23.3. The molecule has 190 valence electrons. The number of likely N-dealkylation sites (tertiary alicyclic amines) is 1. The molecule has 2 aliphatic rings. The van der Waals surface area contributed by atoms with Gasteiger partial charge >= 0.3 is 0 Å². The molecule has 3 rings (SSSR count). The highest BCUT2D eigenvalue weighted by Crippen LogP contribution is 2.16. The van der Waals surface area contributed by atoms with Crippen LogP contribution in [0.5, 0.6) is 0 Å². The largest absolute Gasteiger partial charge is 0.374 e. The van der Waals surface area contributed by atoms with Gasteiger partial charge < -0.3 is 19.9 Å². The minimum atomic E-state index is 0. The number of nitrogens with one attached hydrogen (secondary N) is 2. The normalized spacial score (nSPS) is 22.5. The molecule has 2 saturated heterocycles. The molecular weight excluding hydrogens is 531 g/mol. The summed E-state index contributed by atoms with van der Waals surface area (Å²) in [5.41, 5.74) is 0. The van der Waals surface area contributed by atoms with E-state index in [0.29, 0.717) is 12.0 Å². The number of nitrogens with zero attached hydrogens (tertiary/aromatic N) is 6. The number of guanidine groups is 1. The fourth-order valence-corrected chi connectivity index (χ4v) is 4.72. The van der Waals surface area contributed by atoms with E-state index in [1.54, 1.807) is 0 Å². The third-order valence-electron chi connectivity index (χ3n) is 6.37. The van der Waals surface area contributed by atoms with Crippen molar-refractivity contribution in [3.05, 3.63) is 12.2 Å². The third-order valence-corrected chi connectivity index (χ3v) is 6.37. The first-order valence-electron chi connectivity index (χ1n) is 12.6. The number of aromatic nitrogens is 3. The highest BCUT2D eigenvalue weighted by Gasteiger charge is 2.23. The van der Waals surface area contributed by atoms with Gasteiger partial charge in [-0.2, -0.15) is 0 Å². The second-order valence-electron chi connectivity index (χ2n) is 9.36. The number of halogens is 1. The monoisotopic (exact) mass is 576 g/mol. The van der Waals surface area contributed by atoms with Crippen molar-refractivity contribution in [3.8, 4) is 0 Å². The van der Waals surface area contributed by atoms with E-state index in [2.05, 4.69) is 62.9 Å². The van der Waals surface area contributed by atoms with E-state index in [4.69, 9.17) is 9.73 Å². The molecule has 1 aromatic rings. The van der Waals surface area contributed by atoms with Gasteiger partial charge in [0.1, 0.15) is 12.2 Å². The van der Waals surface area contributed by atoms with Crippen LogP contribution in [0.25, 0.3) is 0 Å². The first-order chi connectivity index (χ1) is 15.6. The number of aliphatic imine (C=N–C) groups is 1.